The minimum absolute atomic E-state index is 0.162. The number of nitriles is 1. The lowest BCUT2D eigenvalue weighted by Crippen LogP contribution is -2.09. The Morgan fingerprint density at radius 1 is 1.44 bits per heavy atom. The number of ether oxygens (including phenoxy) is 1. The number of hydrogen-bond donors (Lipinski definition) is 1. The third kappa shape index (κ3) is 2.25. The van der Waals surface area contributed by atoms with E-state index in [0.717, 1.165) is 6.07 Å². The molecule has 0 unspecified atom stereocenters. The number of carboxylic acids is 1. The molecule has 18 heavy (non-hydrogen) atoms. The number of carboxylic acid groups (broad SMARTS) is 1. The van der Waals surface area contributed by atoms with Crippen LogP contribution in [0.4, 0.5) is 8.78 Å². The second kappa shape index (κ2) is 4.26. The Morgan fingerprint density at radius 2 is 2.11 bits per heavy atom. The summed E-state index contributed by atoms with van der Waals surface area (Å²) in [4.78, 5) is 10.9. The molecule has 4 nitrogen and oxygen atoms in total. The Labute approximate surface area is 101 Å². The molecule has 0 heterocycles. The second-order valence-corrected chi connectivity index (χ2v) is 4.12. The smallest absolute Gasteiger partial charge is 0.387 e. The Morgan fingerprint density at radius 3 is 2.56 bits per heavy atom. The molecule has 1 aromatic carbocycles. The fourth-order valence-electron chi connectivity index (χ4n) is 1.76. The molecule has 0 saturated heterocycles. The van der Waals surface area contributed by atoms with Crippen LogP contribution in [0.5, 0.6) is 5.75 Å². The van der Waals surface area contributed by atoms with Gasteiger partial charge in [-0.1, -0.05) is 0 Å². The van der Waals surface area contributed by atoms with Crippen molar-refractivity contribution < 1.29 is 23.4 Å². The number of rotatable bonds is 4. The largest absolute Gasteiger partial charge is 0.478 e. The number of alkyl halides is 2. The topological polar surface area (TPSA) is 70.3 Å². The Balaban J connectivity index is 2.44. The first-order valence-electron chi connectivity index (χ1n) is 5.22. The maximum Gasteiger partial charge on any atom is 0.387 e. The molecule has 94 valence electrons. The minimum Gasteiger partial charge on any atom is -0.478 e. The van der Waals surface area contributed by atoms with Gasteiger partial charge in [0.2, 0.25) is 0 Å². The highest BCUT2D eigenvalue weighted by Gasteiger charge is 2.45. The van der Waals surface area contributed by atoms with Crippen LogP contribution >= 0.6 is 0 Å². The van der Waals surface area contributed by atoms with E-state index in [-0.39, 0.29) is 11.3 Å². The molecule has 1 N–H and O–H groups in total. The third-order valence-corrected chi connectivity index (χ3v) is 2.90. The molecular weight excluding hydrogens is 244 g/mol. The molecule has 0 aliphatic heterocycles. The van der Waals surface area contributed by atoms with Gasteiger partial charge in [0.1, 0.15) is 5.75 Å². The summed E-state index contributed by atoms with van der Waals surface area (Å²) in [6.07, 6.45) is 1.20. The number of hydrogen-bond acceptors (Lipinski definition) is 3. The number of carbonyl (C=O) groups is 1. The van der Waals surface area contributed by atoms with Crippen LogP contribution < -0.4 is 4.74 Å². The van der Waals surface area contributed by atoms with E-state index in [1.807, 2.05) is 0 Å². The van der Waals surface area contributed by atoms with Crippen LogP contribution in [0, 0.1) is 11.3 Å². The van der Waals surface area contributed by atoms with E-state index in [1.54, 1.807) is 0 Å². The fourth-order valence-corrected chi connectivity index (χ4v) is 1.76. The third-order valence-electron chi connectivity index (χ3n) is 2.90. The summed E-state index contributed by atoms with van der Waals surface area (Å²) < 4.78 is 28.5. The highest BCUT2D eigenvalue weighted by Crippen LogP contribution is 2.48. The van der Waals surface area contributed by atoms with Gasteiger partial charge in [-0.05, 0) is 36.6 Å². The molecule has 1 saturated carbocycles. The molecule has 2 rings (SSSR count). The van der Waals surface area contributed by atoms with Gasteiger partial charge >= 0.3 is 12.6 Å². The van der Waals surface area contributed by atoms with Crippen LogP contribution in [-0.4, -0.2) is 17.7 Å². The molecule has 1 fully saturated rings. The summed E-state index contributed by atoms with van der Waals surface area (Å²) in [5.74, 6) is -1.48. The fraction of sp³-hybridized carbons (Fsp3) is 0.333. The summed E-state index contributed by atoms with van der Waals surface area (Å²) in [6, 6.07) is 5.73. The van der Waals surface area contributed by atoms with E-state index < -0.39 is 18.0 Å². The lowest BCUT2D eigenvalue weighted by molar-refractivity contribution is -0.0499. The van der Waals surface area contributed by atoms with E-state index in [2.05, 4.69) is 10.8 Å². The van der Waals surface area contributed by atoms with Crippen LogP contribution in [0.3, 0.4) is 0 Å². The van der Waals surface area contributed by atoms with Crippen molar-refractivity contribution in [3.63, 3.8) is 0 Å². The summed E-state index contributed by atoms with van der Waals surface area (Å²) in [5.41, 5.74) is -0.490. The highest BCUT2D eigenvalue weighted by atomic mass is 19.3. The van der Waals surface area contributed by atoms with Crippen molar-refractivity contribution in [3.8, 4) is 11.8 Å². The number of benzene rings is 1. The molecular formula is C12H9F2NO3. The molecule has 0 aromatic heterocycles. The highest BCUT2D eigenvalue weighted by molar-refractivity contribution is 5.88. The minimum atomic E-state index is -3.03. The normalized spacial score (nSPS) is 16.1. The first-order valence-corrected chi connectivity index (χ1v) is 5.22. The van der Waals surface area contributed by atoms with Crippen molar-refractivity contribution in [2.45, 2.75) is 24.9 Å². The van der Waals surface area contributed by atoms with Crippen molar-refractivity contribution in [1.82, 2.24) is 0 Å². The van der Waals surface area contributed by atoms with Gasteiger partial charge in [-0.2, -0.15) is 14.0 Å². The Hall–Kier alpha value is -2.16. The predicted molar refractivity (Wildman–Crippen MR) is 56.6 cm³/mol. The summed E-state index contributed by atoms with van der Waals surface area (Å²) >= 11 is 0. The molecule has 1 aromatic rings. The van der Waals surface area contributed by atoms with Crippen LogP contribution in [0.15, 0.2) is 18.2 Å². The van der Waals surface area contributed by atoms with Crippen molar-refractivity contribution in [2.75, 3.05) is 0 Å². The van der Waals surface area contributed by atoms with E-state index in [4.69, 9.17) is 10.4 Å². The molecule has 1 aliphatic carbocycles. The maximum absolute atomic E-state index is 12.1. The molecule has 6 heteroatoms. The van der Waals surface area contributed by atoms with Crippen molar-refractivity contribution >= 4 is 5.97 Å². The lowest BCUT2D eigenvalue weighted by Gasteiger charge is -2.11. The van der Waals surface area contributed by atoms with E-state index in [1.165, 1.54) is 12.1 Å². The van der Waals surface area contributed by atoms with E-state index in [0.29, 0.717) is 18.4 Å². The molecule has 0 bridgehead atoms. The molecule has 0 radical (unpaired) electrons. The van der Waals surface area contributed by atoms with Gasteiger partial charge in [-0.3, -0.25) is 0 Å². The maximum atomic E-state index is 12.1. The number of halogens is 2. The van der Waals surface area contributed by atoms with Crippen molar-refractivity contribution in [3.05, 3.63) is 29.3 Å². The monoisotopic (exact) mass is 253 g/mol. The SMILES string of the molecule is N#CC1(c2cc(OC(F)F)cc(C(=O)O)c2)CC1. The van der Waals surface area contributed by atoms with Gasteiger partial charge in [-0.25, -0.2) is 4.79 Å². The molecule has 0 atom stereocenters. The van der Waals surface area contributed by atoms with Crippen molar-refractivity contribution in [2.24, 2.45) is 0 Å². The quantitative estimate of drug-likeness (QED) is 0.895. The average Bonchev–Trinajstić information content (AvgIpc) is 3.08. The molecule has 1 aliphatic rings. The zero-order valence-electron chi connectivity index (χ0n) is 9.19. The number of nitrogens with zero attached hydrogens (tertiary/aromatic N) is 1. The Kier molecular flexibility index (Phi) is 2.91. The predicted octanol–water partition coefficient (Wildman–Crippen LogP) is 2.54. The zero-order chi connectivity index (χ0) is 13.3. The van der Waals surface area contributed by atoms with Gasteiger partial charge in [0.25, 0.3) is 0 Å². The van der Waals surface area contributed by atoms with Gasteiger partial charge < -0.3 is 9.84 Å². The van der Waals surface area contributed by atoms with Crippen LogP contribution in [0.25, 0.3) is 0 Å². The van der Waals surface area contributed by atoms with Crippen LogP contribution in [0.1, 0.15) is 28.8 Å². The summed E-state index contributed by atoms with van der Waals surface area (Å²) in [6.45, 7) is -3.03. The second-order valence-electron chi connectivity index (χ2n) is 4.12. The number of aromatic carboxylic acids is 1. The van der Waals surface area contributed by atoms with Crippen LogP contribution in [0.2, 0.25) is 0 Å². The van der Waals surface area contributed by atoms with Crippen molar-refractivity contribution in [1.29, 1.82) is 5.26 Å². The Bertz CT molecular complexity index is 533. The average molecular weight is 253 g/mol. The van der Waals surface area contributed by atoms with E-state index in [9.17, 15) is 13.6 Å². The molecule has 0 spiro atoms. The van der Waals surface area contributed by atoms with Gasteiger partial charge in [0, 0.05) is 0 Å². The van der Waals surface area contributed by atoms with Gasteiger partial charge in [0.05, 0.1) is 17.0 Å². The first-order chi connectivity index (χ1) is 8.47. The van der Waals surface area contributed by atoms with Crippen LogP contribution in [-0.2, 0) is 5.41 Å². The van der Waals surface area contributed by atoms with Gasteiger partial charge in [0.15, 0.2) is 0 Å². The standard InChI is InChI=1S/C12H9F2NO3/c13-11(14)18-9-4-7(10(16)17)3-8(5-9)12(6-15)1-2-12/h3-5,11H,1-2H2,(H,16,17). The molecule has 0 amide bonds. The summed E-state index contributed by atoms with van der Waals surface area (Å²) in [7, 11) is 0. The van der Waals surface area contributed by atoms with E-state index >= 15 is 0 Å². The first kappa shape index (κ1) is 12.3. The van der Waals surface area contributed by atoms with Gasteiger partial charge in [-0.15, -0.1) is 0 Å². The summed E-state index contributed by atoms with van der Waals surface area (Å²) in [5, 5.41) is 17.9. The zero-order valence-corrected chi connectivity index (χ0v) is 9.19. The lowest BCUT2D eigenvalue weighted by atomic mass is 9.95.